The summed E-state index contributed by atoms with van der Waals surface area (Å²) in [5.41, 5.74) is 1.58. The van der Waals surface area contributed by atoms with E-state index >= 15 is 0 Å². The number of hydrogen-bond donors (Lipinski definition) is 1. The molecular weight excluding hydrogens is 405 g/mol. The fourth-order valence-electron chi connectivity index (χ4n) is 4.14. The Bertz CT molecular complexity index is 977. The smallest absolute Gasteiger partial charge is 0.226 e. The van der Waals surface area contributed by atoms with E-state index in [1.54, 1.807) is 18.3 Å². The van der Waals surface area contributed by atoms with Gasteiger partial charge in [0.05, 0.1) is 18.3 Å². The van der Waals surface area contributed by atoms with Crippen molar-refractivity contribution in [3.63, 3.8) is 0 Å². The summed E-state index contributed by atoms with van der Waals surface area (Å²) in [4.78, 5) is 20.1. The minimum atomic E-state index is -0.418. The maximum atomic E-state index is 13.7. The lowest BCUT2D eigenvalue weighted by Crippen LogP contribution is -2.45. The van der Waals surface area contributed by atoms with Crippen molar-refractivity contribution < 1.29 is 13.9 Å². The van der Waals surface area contributed by atoms with Crippen LogP contribution < -0.4 is 10.1 Å². The largest absolute Gasteiger partial charge is 0.492 e. The molecule has 4 rings (SSSR count). The zero-order chi connectivity index (χ0) is 22.2. The summed E-state index contributed by atoms with van der Waals surface area (Å²) in [5, 5.41) is 3.32. The van der Waals surface area contributed by atoms with Gasteiger partial charge < -0.3 is 15.0 Å². The number of para-hydroxylation sites is 1. The topological polar surface area (TPSA) is 54.5 Å². The highest BCUT2D eigenvalue weighted by molar-refractivity contribution is 5.80. The van der Waals surface area contributed by atoms with Crippen LogP contribution in [0.15, 0.2) is 79.0 Å². The molecule has 1 aromatic heterocycles. The fraction of sp³-hybridized carbons (Fsp3) is 0.308. The van der Waals surface area contributed by atoms with E-state index in [9.17, 15) is 9.18 Å². The lowest BCUT2D eigenvalue weighted by molar-refractivity contribution is -0.138. The number of nitrogens with zero attached hydrogens (tertiary/aromatic N) is 2. The van der Waals surface area contributed by atoms with E-state index in [2.05, 4.69) is 10.3 Å². The number of aromatic nitrogens is 1. The van der Waals surface area contributed by atoms with Crippen LogP contribution in [-0.2, 0) is 4.79 Å². The van der Waals surface area contributed by atoms with Crippen LogP contribution in [-0.4, -0.2) is 42.0 Å². The van der Waals surface area contributed by atoms with E-state index in [-0.39, 0.29) is 17.6 Å². The summed E-state index contributed by atoms with van der Waals surface area (Å²) < 4.78 is 19.6. The zero-order valence-corrected chi connectivity index (χ0v) is 18.0. The van der Waals surface area contributed by atoms with Gasteiger partial charge in [0.2, 0.25) is 5.91 Å². The predicted molar refractivity (Wildman–Crippen MR) is 122 cm³/mol. The Morgan fingerprint density at radius 2 is 1.75 bits per heavy atom. The summed E-state index contributed by atoms with van der Waals surface area (Å²) in [6.45, 7) is 2.41. The summed E-state index contributed by atoms with van der Waals surface area (Å²) in [7, 11) is 0. The molecule has 0 aliphatic carbocycles. The van der Waals surface area contributed by atoms with Gasteiger partial charge in [-0.25, -0.2) is 4.39 Å². The first-order chi connectivity index (χ1) is 15.7. The molecule has 1 N–H and O–H groups in total. The molecule has 32 heavy (non-hydrogen) atoms. The van der Waals surface area contributed by atoms with Crippen LogP contribution in [0.2, 0.25) is 0 Å². The number of piperidine rings is 1. The highest BCUT2D eigenvalue weighted by Gasteiger charge is 2.33. The standard InChI is InChI=1S/C26H28FN3O2/c27-22-11-9-20(10-12-22)25(24-8-4-5-15-29-24)30(26(31)21-13-16-28-17-14-21)18-19-32-23-6-2-1-3-7-23/h1-12,15,21,25,28H,13-14,16-19H2/t25-/m0/s1. The molecular formula is C26H28FN3O2. The van der Waals surface area contributed by atoms with Gasteiger partial charge in [-0.15, -0.1) is 0 Å². The van der Waals surface area contributed by atoms with Crippen LogP contribution in [0.25, 0.3) is 0 Å². The molecule has 3 aromatic rings. The second-order valence-electron chi connectivity index (χ2n) is 7.93. The van der Waals surface area contributed by atoms with Crippen molar-refractivity contribution in [2.75, 3.05) is 26.2 Å². The van der Waals surface area contributed by atoms with Gasteiger partial charge in [-0.2, -0.15) is 0 Å². The van der Waals surface area contributed by atoms with E-state index < -0.39 is 6.04 Å². The second-order valence-corrected chi connectivity index (χ2v) is 7.93. The van der Waals surface area contributed by atoms with Crippen LogP contribution in [0.3, 0.4) is 0 Å². The Morgan fingerprint density at radius 1 is 1.03 bits per heavy atom. The normalized spacial score (nSPS) is 15.2. The molecule has 0 radical (unpaired) electrons. The average molecular weight is 434 g/mol. The Morgan fingerprint density at radius 3 is 2.44 bits per heavy atom. The average Bonchev–Trinajstić information content (AvgIpc) is 2.86. The second kappa shape index (κ2) is 10.9. The Kier molecular flexibility index (Phi) is 7.46. The molecule has 2 heterocycles. The third kappa shape index (κ3) is 5.51. The predicted octanol–water partition coefficient (Wildman–Crippen LogP) is 4.22. The highest BCUT2D eigenvalue weighted by Crippen LogP contribution is 2.30. The molecule has 166 valence electrons. The first-order valence-electron chi connectivity index (χ1n) is 11.1. The third-order valence-corrected chi connectivity index (χ3v) is 5.78. The van der Waals surface area contributed by atoms with Gasteiger partial charge in [0.25, 0.3) is 0 Å². The molecule has 6 heteroatoms. The number of ether oxygens (including phenoxy) is 1. The molecule has 2 aromatic carbocycles. The van der Waals surface area contributed by atoms with Crippen molar-refractivity contribution in [3.05, 3.63) is 96.1 Å². The first-order valence-corrected chi connectivity index (χ1v) is 11.1. The lowest BCUT2D eigenvalue weighted by atomic mass is 9.93. The molecule has 1 amide bonds. The fourth-order valence-corrected chi connectivity index (χ4v) is 4.14. The Hall–Kier alpha value is -3.25. The molecule has 1 aliphatic rings. The number of nitrogens with one attached hydrogen (secondary N) is 1. The molecule has 5 nitrogen and oxygen atoms in total. The Labute approximate surface area is 188 Å². The van der Waals surface area contributed by atoms with Crippen LogP contribution in [0.5, 0.6) is 5.75 Å². The van der Waals surface area contributed by atoms with Gasteiger partial charge in [0.1, 0.15) is 18.2 Å². The monoisotopic (exact) mass is 433 g/mol. The van der Waals surface area contributed by atoms with Gasteiger partial charge in [-0.1, -0.05) is 36.4 Å². The minimum absolute atomic E-state index is 0.0559. The maximum Gasteiger partial charge on any atom is 0.226 e. The molecule has 1 aliphatic heterocycles. The summed E-state index contributed by atoms with van der Waals surface area (Å²) in [6.07, 6.45) is 3.32. The number of halogens is 1. The molecule has 1 saturated heterocycles. The maximum absolute atomic E-state index is 13.7. The van der Waals surface area contributed by atoms with E-state index in [0.717, 1.165) is 42.9 Å². The SMILES string of the molecule is O=C(C1CCNCC1)N(CCOc1ccccc1)[C@@H](c1ccc(F)cc1)c1ccccn1. The van der Waals surface area contributed by atoms with E-state index in [0.29, 0.717) is 13.2 Å². The van der Waals surface area contributed by atoms with Gasteiger partial charge in [0, 0.05) is 12.1 Å². The summed E-state index contributed by atoms with van der Waals surface area (Å²) in [6, 6.07) is 21.1. The number of carbonyl (C=O) groups is 1. The quantitative estimate of drug-likeness (QED) is 0.578. The summed E-state index contributed by atoms with van der Waals surface area (Å²) >= 11 is 0. The molecule has 0 saturated carbocycles. The minimum Gasteiger partial charge on any atom is -0.492 e. The van der Waals surface area contributed by atoms with E-state index in [1.807, 2.05) is 53.4 Å². The third-order valence-electron chi connectivity index (χ3n) is 5.78. The van der Waals surface area contributed by atoms with Crippen LogP contribution in [0, 0.1) is 11.7 Å². The lowest BCUT2D eigenvalue weighted by Gasteiger charge is -2.35. The zero-order valence-electron chi connectivity index (χ0n) is 18.0. The molecule has 0 spiro atoms. The molecule has 1 atom stereocenters. The van der Waals surface area contributed by atoms with Crippen LogP contribution in [0.4, 0.5) is 4.39 Å². The van der Waals surface area contributed by atoms with Crippen molar-refractivity contribution in [1.82, 2.24) is 15.2 Å². The van der Waals surface area contributed by atoms with Gasteiger partial charge in [0.15, 0.2) is 0 Å². The number of benzene rings is 2. The molecule has 0 unspecified atom stereocenters. The summed E-state index contributed by atoms with van der Waals surface area (Å²) in [5.74, 6) is 0.484. The van der Waals surface area contributed by atoms with Crippen LogP contribution >= 0.6 is 0 Å². The number of amides is 1. The van der Waals surface area contributed by atoms with Crippen molar-refractivity contribution in [2.45, 2.75) is 18.9 Å². The van der Waals surface area contributed by atoms with Gasteiger partial charge in [-0.3, -0.25) is 9.78 Å². The number of hydrogen-bond acceptors (Lipinski definition) is 4. The van der Waals surface area contributed by atoms with Gasteiger partial charge in [-0.05, 0) is 67.9 Å². The highest BCUT2D eigenvalue weighted by atomic mass is 19.1. The number of rotatable bonds is 8. The van der Waals surface area contributed by atoms with Crippen molar-refractivity contribution in [1.29, 1.82) is 0 Å². The number of carbonyl (C=O) groups excluding carboxylic acids is 1. The number of pyridine rings is 1. The van der Waals surface area contributed by atoms with Crippen molar-refractivity contribution >= 4 is 5.91 Å². The van der Waals surface area contributed by atoms with Gasteiger partial charge >= 0.3 is 0 Å². The molecule has 1 fully saturated rings. The Balaban J connectivity index is 1.64. The molecule has 0 bridgehead atoms. The van der Waals surface area contributed by atoms with Crippen molar-refractivity contribution in [3.8, 4) is 5.75 Å². The van der Waals surface area contributed by atoms with Crippen LogP contribution in [0.1, 0.15) is 30.1 Å². The van der Waals surface area contributed by atoms with E-state index in [1.165, 1.54) is 12.1 Å². The van der Waals surface area contributed by atoms with Crippen molar-refractivity contribution in [2.24, 2.45) is 5.92 Å². The van der Waals surface area contributed by atoms with E-state index in [4.69, 9.17) is 4.74 Å². The first kappa shape index (κ1) is 22.0.